The van der Waals surface area contributed by atoms with E-state index in [0.29, 0.717) is 10.6 Å². The monoisotopic (exact) mass is 358 g/mol. The Morgan fingerprint density at radius 1 is 1.09 bits per heavy atom. The lowest BCUT2D eigenvalue weighted by Gasteiger charge is -2.11. The van der Waals surface area contributed by atoms with Gasteiger partial charge in [0.1, 0.15) is 0 Å². The highest BCUT2D eigenvalue weighted by molar-refractivity contribution is 7.99. The van der Waals surface area contributed by atoms with Crippen LogP contribution in [0.5, 0.6) is 0 Å². The van der Waals surface area contributed by atoms with Crippen LogP contribution in [0.15, 0.2) is 35.2 Å². The van der Waals surface area contributed by atoms with Gasteiger partial charge in [0, 0.05) is 17.3 Å². The highest BCUT2D eigenvalue weighted by Gasteiger charge is 2.17. The SMILES string of the molecule is Fc1cc(-c2ccc(Cl)c(SCC3CCCO3)c2)cc(F)c1F. The number of hydrogen-bond donors (Lipinski definition) is 0. The molecule has 0 amide bonds. The summed E-state index contributed by atoms with van der Waals surface area (Å²) >= 11 is 7.73. The average molecular weight is 359 g/mol. The van der Waals surface area contributed by atoms with E-state index in [1.807, 2.05) is 0 Å². The van der Waals surface area contributed by atoms with Gasteiger partial charge in [0.15, 0.2) is 17.5 Å². The smallest absolute Gasteiger partial charge is 0.194 e. The molecule has 23 heavy (non-hydrogen) atoms. The number of halogens is 4. The maximum Gasteiger partial charge on any atom is 0.194 e. The van der Waals surface area contributed by atoms with Crippen LogP contribution in [0.4, 0.5) is 13.2 Å². The van der Waals surface area contributed by atoms with E-state index in [2.05, 4.69) is 0 Å². The average Bonchev–Trinajstić information content (AvgIpc) is 3.05. The minimum atomic E-state index is -1.46. The normalized spacial score (nSPS) is 17.7. The molecule has 2 aromatic rings. The highest BCUT2D eigenvalue weighted by atomic mass is 35.5. The van der Waals surface area contributed by atoms with Crippen LogP contribution < -0.4 is 0 Å². The van der Waals surface area contributed by atoms with E-state index in [4.69, 9.17) is 16.3 Å². The molecule has 0 aliphatic carbocycles. The molecule has 0 bridgehead atoms. The minimum Gasteiger partial charge on any atom is -0.377 e. The topological polar surface area (TPSA) is 9.23 Å². The lowest BCUT2D eigenvalue weighted by atomic mass is 10.1. The van der Waals surface area contributed by atoms with E-state index in [1.165, 1.54) is 0 Å². The van der Waals surface area contributed by atoms with Crippen LogP contribution in [-0.2, 0) is 4.74 Å². The van der Waals surface area contributed by atoms with Crippen molar-refractivity contribution in [2.45, 2.75) is 23.8 Å². The van der Waals surface area contributed by atoms with Crippen molar-refractivity contribution in [1.82, 2.24) is 0 Å². The van der Waals surface area contributed by atoms with Gasteiger partial charge in [-0.3, -0.25) is 0 Å². The molecule has 1 unspecified atom stereocenters. The Morgan fingerprint density at radius 2 is 1.83 bits per heavy atom. The van der Waals surface area contributed by atoms with Crippen molar-refractivity contribution >= 4 is 23.4 Å². The fourth-order valence-corrected chi connectivity index (χ4v) is 3.80. The Morgan fingerprint density at radius 3 is 2.48 bits per heavy atom. The van der Waals surface area contributed by atoms with E-state index in [-0.39, 0.29) is 11.7 Å². The molecule has 1 atom stereocenters. The second-order valence-electron chi connectivity index (χ2n) is 5.35. The molecular weight excluding hydrogens is 345 g/mol. The maximum atomic E-state index is 13.4. The van der Waals surface area contributed by atoms with Gasteiger partial charge in [0.05, 0.1) is 11.1 Å². The van der Waals surface area contributed by atoms with E-state index < -0.39 is 17.5 Å². The Hall–Kier alpha value is -1.17. The summed E-state index contributed by atoms with van der Waals surface area (Å²) in [6.45, 7) is 0.785. The van der Waals surface area contributed by atoms with Gasteiger partial charge in [-0.25, -0.2) is 13.2 Å². The summed E-state index contributed by atoms with van der Waals surface area (Å²) in [4.78, 5) is 0.810. The second-order valence-corrected chi connectivity index (χ2v) is 6.81. The Bertz CT molecular complexity index is 694. The van der Waals surface area contributed by atoms with Gasteiger partial charge in [-0.2, -0.15) is 0 Å². The van der Waals surface area contributed by atoms with Crippen molar-refractivity contribution in [1.29, 1.82) is 0 Å². The molecular formula is C17H14ClF3OS. The van der Waals surface area contributed by atoms with Crippen molar-refractivity contribution in [3.63, 3.8) is 0 Å². The van der Waals surface area contributed by atoms with Gasteiger partial charge < -0.3 is 4.74 Å². The summed E-state index contributed by atoms with van der Waals surface area (Å²) in [6.07, 6.45) is 2.30. The summed E-state index contributed by atoms with van der Waals surface area (Å²) in [7, 11) is 0. The number of benzene rings is 2. The number of rotatable bonds is 4. The van der Waals surface area contributed by atoms with Crippen LogP contribution in [0.1, 0.15) is 12.8 Å². The highest BCUT2D eigenvalue weighted by Crippen LogP contribution is 2.34. The van der Waals surface area contributed by atoms with Crippen LogP contribution in [0.25, 0.3) is 11.1 Å². The zero-order valence-electron chi connectivity index (χ0n) is 12.1. The van der Waals surface area contributed by atoms with E-state index in [1.54, 1.807) is 30.0 Å². The molecule has 3 rings (SSSR count). The third-order valence-electron chi connectivity index (χ3n) is 3.70. The quantitative estimate of drug-likeness (QED) is 0.512. The molecule has 0 spiro atoms. The third-order valence-corrected chi connectivity index (χ3v) is 5.33. The first kappa shape index (κ1) is 16.7. The molecule has 0 radical (unpaired) electrons. The van der Waals surface area contributed by atoms with Crippen molar-refractivity contribution < 1.29 is 17.9 Å². The van der Waals surface area contributed by atoms with Crippen molar-refractivity contribution in [2.24, 2.45) is 0 Å². The maximum absolute atomic E-state index is 13.4. The fourth-order valence-electron chi connectivity index (χ4n) is 2.47. The number of ether oxygens (including phenoxy) is 1. The first-order valence-corrected chi connectivity index (χ1v) is 8.60. The second kappa shape index (κ2) is 7.16. The molecule has 0 N–H and O–H groups in total. The van der Waals surface area contributed by atoms with E-state index in [9.17, 15) is 13.2 Å². The van der Waals surface area contributed by atoms with Crippen molar-refractivity contribution in [3.8, 4) is 11.1 Å². The molecule has 1 nitrogen and oxygen atoms in total. The van der Waals surface area contributed by atoms with Crippen LogP contribution in [0.3, 0.4) is 0 Å². The minimum absolute atomic E-state index is 0.209. The molecule has 122 valence electrons. The summed E-state index contributed by atoms with van der Waals surface area (Å²) in [5.74, 6) is -3.10. The first-order valence-electron chi connectivity index (χ1n) is 7.23. The molecule has 1 heterocycles. The largest absolute Gasteiger partial charge is 0.377 e. The van der Waals surface area contributed by atoms with Gasteiger partial charge >= 0.3 is 0 Å². The summed E-state index contributed by atoms with van der Waals surface area (Å²) < 4.78 is 45.4. The Kier molecular flexibility index (Phi) is 5.19. The third kappa shape index (κ3) is 3.84. The zero-order chi connectivity index (χ0) is 16.4. The van der Waals surface area contributed by atoms with Crippen LogP contribution in [-0.4, -0.2) is 18.5 Å². The molecule has 0 aromatic heterocycles. The lowest BCUT2D eigenvalue weighted by molar-refractivity contribution is 0.129. The molecule has 1 fully saturated rings. The Balaban J connectivity index is 1.84. The predicted octanol–water partition coefficient (Wildman–Crippen LogP) is 5.70. The molecule has 1 saturated heterocycles. The molecule has 6 heteroatoms. The standard InChI is InChI=1S/C17H14ClF3OS/c18-13-4-3-10(11-6-14(19)17(21)15(20)7-11)8-16(13)23-9-12-2-1-5-22-12/h3-4,6-8,12H,1-2,5,9H2. The molecule has 2 aromatic carbocycles. The first-order chi connectivity index (χ1) is 11.0. The van der Waals surface area contributed by atoms with E-state index >= 15 is 0 Å². The number of hydrogen-bond acceptors (Lipinski definition) is 2. The van der Waals surface area contributed by atoms with Gasteiger partial charge in [0.25, 0.3) is 0 Å². The van der Waals surface area contributed by atoms with E-state index in [0.717, 1.165) is 42.2 Å². The molecule has 1 aliphatic heterocycles. The van der Waals surface area contributed by atoms with Crippen LogP contribution >= 0.6 is 23.4 Å². The van der Waals surface area contributed by atoms with Crippen LogP contribution in [0, 0.1) is 17.5 Å². The van der Waals surface area contributed by atoms with Gasteiger partial charge in [-0.1, -0.05) is 17.7 Å². The summed E-state index contributed by atoms with van der Waals surface area (Å²) in [5, 5.41) is 0.569. The molecule has 1 aliphatic rings. The Labute approximate surface area is 141 Å². The summed E-state index contributed by atoms with van der Waals surface area (Å²) in [6, 6.07) is 7.05. The van der Waals surface area contributed by atoms with Gasteiger partial charge in [0.2, 0.25) is 0 Å². The zero-order valence-corrected chi connectivity index (χ0v) is 13.7. The molecule has 0 saturated carbocycles. The number of thioether (sulfide) groups is 1. The van der Waals surface area contributed by atoms with Crippen LogP contribution in [0.2, 0.25) is 5.02 Å². The van der Waals surface area contributed by atoms with Crippen molar-refractivity contribution in [2.75, 3.05) is 12.4 Å². The lowest BCUT2D eigenvalue weighted by Crippen LogP contribution is -2.07. The summed E-state index contributed by atoms with van der Waals surface area (Å²) in [5.41, 5.74) is 0.860. The van der Waals surface area contributed by atoms with Crippen molar-refractivity contribution in [3.05, 3.63) is 52.8 Å². The van der Waals surface area contributed by atoms with Gasteiger partial charge in [-0.15, -0.1) is 11.8 Å². The fraction of sp³-hybridized carbons (Fsp3) is 0.294. The van der Waals surface area contributed by atoms with Gasteiger partial charge in [-0.05, 0) is 48.2 Å². The predicted molar refractivity (Wildman–Crippen MR) is 86.5 cm³/mol.